The highest BCUT2D eigenvalue weighted by molar-refractivity contribution is 6.30. The summed E-state index contributed by atoms with van der Waals surface area (Å²) >= 11 is 5.97. The molecule has 0 bridgehead atoms. The molecule has 1 unspecified atom stereocenters. The maximum absolute atomic E-state index is 5.97. The van der Waals surface area contributed by atoms with Crippen LogP contribution in [0, 0.1) is 0 Å². The molecule has 0 radical (unpaired) electrons. The number of aromatic nitrogens is 3. The Morgan fingerprint density at radius 3 is 2.54 bits per heavy atom. The van der Waals surface area contributed by atoms with Gasteiger partial charge in [-0.2, -0.15) is 0 Å². The first-order valence-corrected chi connectivity index (χ1v) is 10.3. The molecule has 3 aromatic rings. The highest BCUT2D eigenvalue weighted by Crippen LogP contribution is 2.24. The lowest BCUT2D eigenvalue weighted by atomic mass is 10.1. The van der Waals surface area contributed by atoms with E-state index in [-0.39, 0.29) is 0 Å². The van der Waals surface area contributed by atoms with E-state index in [9.17, 15) is 0 Å². The van der Waals surface area contributed by atoms with Gasteiger partial charge in [-0.1, -0.05) is 37.6 Å². The molecule has 6 heteroatoms. The van der Waals surface area contributed by atoms with E-state index < -0.39 is 0 Å². The minimum atomic E-state index is 0.360. The van der Waals surface area contributed by atoms with Gasteiger partial charge in [-0.05, 0) is 57.6 Å². The van der Waals surface area contributed by atoms with Gasteiger partial charge in [-0.15, -0.1) is 0 Å². The van der Waals surface area contributed by atoms with Crippen LogP contribution in [0.25, 0.3) is 22.4 Å². The van der Waals surface area contributed by atoms with Gasteiger partial charge < -0.3 is 10.2 Å². The van der Waals surface area contributed by atoms with Gasteiger partial charge in [0.05, 0.1) is 17.6 Å². The monoisotopic (exact) mass is 397 g/mol. The van der Waals surface area contributed by atoms with Crippen molar-refractivity contribution in [2.75, 3.05) is 25.0 Å². The molecule has 0 spiro atoms. The Morgan fingerprint density at radius 1 is 1.07 bits per heavy atom. The van der Waals surface area contributed by atoms with Crippen molar-refractivity contribution in [3.8, 4) is 11.3 Å². The second-order valence-corrected chi connectivity index (χ2v) is 7.44. The van der Waals surface area contributed by atoms with E-state index in [0.29, 0.717) is 16.7 Å². The van der Waals surface area contributed by atoms with Gasteiger partial charge in [0.2, 0.25) is 0 Å². The molecule has 3 rings (SSSR count). The number of hydrogen-bond acceptors (Lipinski definition) is 5. The number of rotatable bonds is 9. The fourth-order valence-electron chi connectivity index (χ4n) is 3.30. The molecule has 2 heterocycles. The minimum absolute atomic E-state index is 0.360. The molecule has 2 aromatic heterocycles. The van der Waals surface area contributed by atoms with E-state index >= 15 is 0 Å². The van der Waals surface area contributed by atoms with Gasteiger partial charge in [0.1, 0.15) is 5.52 Å². The zero-order valence-electron chi connectivity index (χ0n) is 16.8. The van der Waals surface area contributed by atoms with Crippen LogP contribution in [0.1, 0.15) is 33.6 Å². The Kier molecular flexibility index (Phi) is 7.18. The van der Waals surface area contributed by atoms with Crippen LogP contribution in [-0.4, -0.2) is 45.5 Å². The first-order valence-electron chi connectivity index (χ1n) is 9.97. The number of benzene rings is 1. The van der Waals surface area contributed by atoms with Crippen LogP contribution in [0.3, 0.4) is 0 Å². The number of fused-ring (bicyclic) bond motifs is 1. The number of hydrogen-bond donors (Lipinski definition) is 1. The first-order chi connectivity index (χ1) is 13.6. The third-order valence-corrected chi connectivity index (χ3v) is 5.25. The maximum atomic E-state index is 5.97. The van der Waals surface area contributed by atoms with Crippen molar-refractivity contribution in [2.45, 2.75) is 39.7 Å². The first kappa shape index (κ1) is 20.5. The van der Waals surface area contributed by atoms with Crippen LogP contribution >= 0.6 is 11.6 Å². The lowest BCUT2D eigenvalue weighted by Crippen LogP contribution is -2.25. The van der Waals surface area contributed by atoms with Crippen molar-refractivity contribution in [2.24, 2.45) is 0 Å². The normalized spacial score (nSPS) is 12.5. The van der Waals surface area contributed by atoms with Crippen LogP contribution in [0.5, 0.6) is 0 Å². The van der Waals surface area contributed by atoms with Crippen molar-refractivity contribution in [1.82, 2.24) is 19.9 Å². The lowest BCUT2D eigenvalue weighted by molar-refractivity contribution is 0.295. The number of nitrogens with one attached hydrogen (secondary N) is 1. The van der Waals surface area contributed by atoms with Crippen LogP contribution in [-0.2, 0) is 0 Å². The van der Waals surface area contributed by atoms with Crippen molar-refractivity contribution in [1.29, 1.82) is 0 Å². The summed E-state index contributed by atoms with van der Waals surface area (Å²) in [6.45, 7) is 10.00. The summed E-state index contributed by atoms with van der Waals surface area (Å²) < 4.78 is 0. The lowest BCUT2D eigenvalue weighted by Gasteiger charge is -2.20. The Bertz CT molecular complexity index is 893. The molecule has 0 saturated heterocycles. The van der Waals surface area contributed by atoms with Crippen molar-refractivity contribution in [3.63, 3.8) is 0 Å². The van der Waals surface area contributed by atoms with Gasteiger partial charge in [0.25, 0.3) is 0 Å². The van der Waals surface area contributed by atoms with Crippen molar-refractivity contribution >= 4 is 28.5 Å². The smallest absolute Gasteiger partial charge is 0.180 e. The average molecular weight is 398 g/mol. The minimum Gasteiger partial charge on any atom is -0.381 e. The molecule has 5 nitrogen and oxygen atoms in total. The number of anilines is 1. The van der Waals surface area contributed by atoms with E-state index in [1.54, 1.807) is 12.4 Å². The summed E-state index contributed by atoms with van der Waals surface area (Å²) in [6, 6.07) is 9.93. The van der Waals surface area contributed by atoms with Crippen LogP contribution in [0.15, 0.2) is 42.7 Å². The van der Waals surface area contributed by atoms with E-state index in [1.807, 2.05) is 30.3 Å². The summed E-state index contributed by atoms with van der Waals surface area (Å²) in [6.07, 6.45) is 5.86. The second kappa shape index (κ2) is 9.80. The summed E-state index contributed by atoms with van der Waals surface area (Å²) in [5, 5.41) is 4.29. The number of pyridine rings is 1. The fourth-order valence-corrected chi connectivity index (χ4v) is 3.42. The van der Waals surface area contributed by atoms with Gasteiger partial charge in [-0.3, -0.25) is 0 Å². The summed E-state index contributed by atoms with van der Waals surface area (Å²) in [4.78, 5) is 16.2. The fraction of sp³-hybridized carbons (Fsp3) is 0.409. The molecule has 1 N–H and O–H groups in total. The Morgan fingerprint density at radius 2 is 1.82 bits per heavy atom. The molecule has 0 aliphatic carbocycles. The summed E-state index contributed by atoms with van der Waals surface area (Å²) in [5.41, 5.74) is 4.20. The standard InChI is InChI=1S/C22H28ClN5/c1-4-28(5-2)14-6-7-16(3)26-19-12-13-24-22-21(19)25-15-20(27-22)17-8-10-18(23)11-9-17/h8-13,15-16H,4-7,14H2,1-3H3,(H,24,26,27). The molecule has 1 aromatic carbocycles. The summed E-state index contributed by atoms with van der Waals surface area (Å²) in [7, 11) is 0. The molecule has 0 aliphatic heterocycles. The van der Waals surface area contributed by atoms with Crippen LogP contribution < -0.4 is 5.32 Å². The van der Waals surface area contributed by atoms with Crippen molar-refractivity contribution in [3.05, 3.63) is 47.7 Å². The molecule has 0 fully saturated rings. The van der Waals surface area contributed by atoms with Gasteiger partial charge in [0, 0.05) is 22.8 Å². The topological polar surface area (TPSA) is 53.9 Å². The third kappa shape index (κ3) is 5.18. The molecule has 1 atom stereocenters. The van der Waals surface area contributed by atoms with E-state index in [2.05, 4.69) is 45.9 Å². The molecular formula is C22H28ClN5. The highest BCUT2D eigenvalue weighted by Gasteiger charge is 2.10. The Labute approximate surface area is 172 Å². The average Bonchev–Trinajstić information content (AvgIpc) is 2.71. The third-order valence-electron chi connectivity index (χ3n) is 5.00. The molecule has 0 amide bonds. The highest BCUT2D eigenvalue weighted by atomic mass is 35.5. The van der Waals surface area contributed by atoms with E-state index in [1.165, 1.54) is 6.42 Å². The molecule has 148 valence electrons. The Balaban J connectivity index is 1.71. The predicted molar refractivity (Wildman–Crippen MR) is 118 cm³/mol. The zero-order chi connectivity index (χ0) is 19.9. The van der Waals surface area contributed by atoms with Crippen molar-refractivity contribution < 1.29 is 0 Å². The summed E-state index contributed by atoms with van der Waals surface area (Å²) in [5.74, 6) is 0. The predicted octanol–water partition coefficient (Wildman–Crippen LogP) is 5.27. The second-order valence-electron chi connectivity index (χ2n) is 7.01. The van der Waals surface area contributed by atoms with Gasteiger partial charge in [0.15, 0.2) is 5.65 Å². The number of halogens is 1. The molecule has 28 heavy (non-hydrogen) atoms. The maximum Gasteiger partial charge on any atom is 0.180 e. The SMILES string of the molecule is CCN(CC)CCCC(C)Nc1ccnc2nc(-c3ccc(Cl)cc3)cnc12. The molecular weight excluding hydrogens is 370 g/mol. The van der Waals surface area contributed by atoms with E-state index in [0.717, 1.165) is 48.5 Å². The van der Waals surface area contributed by atoms with Gasteiger partial charge in [-0.25, -0.2) is 15.0 Å². The molecule has 0 saturated carbocycles. The van der Waals surface area contributed by atoms with Gasteiger partial charge >= 0.3 is 0 Å². The van der Waals surface area contributed by atoms with Crippen LogP contribution in [0.4, 0.5) is 5.69 Å². The van der Waals surface area contributed by atoms with E-state index in [4.69, 9.17) is 11.6 Å². The quantitative estimate of drug-likeness (QED) is 0.533. The van der Waals surface area contributed by atoms with Crippen LogP contribution in [0.2, 0.25) is 5.02 Å². The largest absolute Gasteiger partial charge is 0.381 e. The Hall–Kier alpha value is -2.24. The molecule has 0 aliphatic rings. The number of nitrogens with zero attached hydrogens (tertiary/aromatic N) is 4. The zero-order valence-corrected chi connectivity index (χ0v) is 17.6.